The minimum atomic E-state index is -0.326. The standard InChI is InChI=1S/C13H10Cl3N3O2/c1-5(20)10-9(16)12(17)19-13(18-10)6-3-4-7(14)11(21-2)8(6)15/h3-4H,1-2H3,(H2,17,18,19). The molecular formula is C13H10Cl3N3O2. The highest BCUT2D eigenvalue weighted by molar-refractivity contribution is 6.39. The Labute approximate surface area is 136 Å². The van der Waals surface area contributed by atoms with Gasteiger partial charge in [0.2, 0.25) is 0 Å². The number of ether oxygens (including phenoxy) is 1. The Balaban J connectivity index is 2.71. The predicted molar refractivity (Wildman–Crippen MR) is 83.5 cm³/mol. The number of carbonyl (C=O) groups is 1. The molecule has 110 valence electrons. The van der Waals surface area contributed by atoms with Crippen molar-refractivity contribution >= 4 is 46.4 Å². The monoisotopic (exact) mass is 345 g/mol. The molecular weight excluding hydrogens is 337 g/mol. The third kappa shape index (κ3) is 2.90. The second-order valence-corrected chi connectivity index (χ2v) is 5.26. The summed E-state index contributed by atoms with van der Waals surface area (Å²) >= 11 is 18.1. The summed E-state index contributed by atoms with van der Waals surface area (Å²) in [6, 6.07) is 3.20. The quantitative estimate of drug-likeness (QED) is 0.853. The number of hydrogen-bond acceptors (Lipinski definition) is 5. The highest BCUT2D eigenvalue weighted by Gasteiger charge is 2.19. The molecule has 0 radical (unpaired) electrons. The molecule has 0 atom stereocenters. The molecule has 1 aromatic heterocycles. The van der Waals surface area contributed by atoms with Crippen LogP contribution in [0.25, 0.3) is 11.4 Å². The van der Waals surface area contributed by atoms with E-state index in [-0.39, 0.29) is 38.9 Å². The van der Waals surface area contributed by atoms with Crippen molar-refractivity contribution in [2.24, 2.45) is 0 Å². The summed E-state index contributed by atoms with van der Waals surface area (Å²) in [5.41, 5.74) is 6.18. The van der Waals surface area contributed by atoms with Gasteiger partial charge in [-0.1, -0.05) is 34.8 Å². The van der Waals surface area contributed by atoms with Crippen LogP contribution in [-0.4, -0.2) is 22.9 Å². The van der Waals surface area contributed by atoms with Crippen molar-refractivity contribution in [2.45, 2.75) is 6.92 Å². The van der Waals surface area contributed by atoms with Gasteiger partial charge < -0.3 is 10.5 Å². The molecule has 0 bridgehead atoms. The number of benzene rings is 1. The normalized spacial score (nSPS) is 10.5. The molecule has 1 heterocycles. The zero-order valence-corrected chi connectivity index (χ0v) is 13.3. The van der Waals surface area contributed by atoms with Crippen molar-refractivity contribution < 1.29 is 9.53 Å². The Morgan fingerprint density at radius 1 is 1.19 bits per heavy atom. The van der Waals surface area contributed by atoms with Crippen molar-refractivity contribution in [3.8, 4) is 17.1 Å². The number of anilines is 1. The lowest BCUT2D eigenvalue weighted by Gasteiger charge is -2.11. The van der Waals surface area contributed by atoms with E-state index in [9.17, 15) is 4.79 Å². The average molecular weight is 347 g/mol. The third-order valence-electron chi connectivity index (χ3n) is 2.70. The van der Waals surface area contributed by atoms with Gasteiger partial charge in [-0.15, -0.1) is 0 Å². The first-order chi connectivity index (χ1) is 9.86. The minimum absolute atomic E-state index is 0.00292. The topological polar surface area (TPSA) is 78.1 Å². The Bertz CT molecular complexity index is 735. The fraction of sp³-hybridized carbons (Fsp3) is 0.154. The van der Waals surface area contributed by atoms with E-state index in [4.69, 9.17) is 45.3 Å². The van der Waals surface area contributed by atoms with Gasteiger partial charge in [0.25, 0.3) is 0 Å². The van der Waals surface area contributed by atoms with Crippen molar-refractivity contribution in [3.63, 3.8) is 0 Å². The fourth-order valence-corrected chi connectivity index (χ4v) is 2.54. The van der Waals surface area contributed by atoms with Crippen LogP contribution >= 0.6 is 34.8 Å². The maximum atomic E-state index is 11.6. The number of aromatic nitrogens is 2. The first-order valence-corrected chi connectivity index (χ1v) is 6.86. The van der Waals surface area contributed by atoms with E-state index in [0.717, 1.165) is 0 Å². The molecule has 0 aliphatic rings. The van der Waals surface area contributed by atoms with Gasteiger partial charge in [-0.05, 0) is 12.1 Å². The predicted octanol–water partition coefficient (Wildman–Crippen LogP) is 3.90. The molecule has 0 fully saturated rings. The summed E-state index contributed by atoms with van der Waals surface area (Å²) in [5, 5.41) is 0.588. The number of nitrogen functional groups attached to an aromatic ring is 1. The summed E-state index contributed by atoms with van der Waals surface area (Å²) < 4.78 is 5.13. The van der Waals surface area contributed by atoms with E-state index in [0.29, 0.717) is 10.6 Å². The number of rotatable bonds is 3. The summed E-state index contributed by atoms with van der Waals surface area (Å²) in [7, 11) is 1.44. The number of hydrogen-bond donors (Lipinski definition) is 1. The number of nitrogens with zero attached hydrogens (tertiary/aromatic N) is 2. The molecule has 0 saturated carbocycles. The first-order valence-electron chi connectivity index (χ1n) is 5.73. The van der Waals surface area contributed by atoms with Crippen LogP contribution in [0.15, 0.2) is 12.1 Å². The molecule has 0 aliphatic heterocycles. The van der Waals surface area contributed by atoms with Crippen molar-refractivity contribution in [1.82, 2.24) is 9.97 Å². The van der Waals surface area contributed by atoms with E-state index in [2.05, 4.69) is 9.97 Å². The number of halogens is 3. The molecule has 0 spiro atoms. The highest BCUT2D eigenvalue weighted by Crippen LogP contribution is 2.39. The molecule has 2 N–H and O–H groups in total. The molecule has 5 nitrogen and oxygen atoms in total. The van der Waals surface area contributed by atoms with Crippen LogP contribution in [0.5, 0.6) is 5.75 Å². The lowest BCUT2D eigenvalue weighted by atomic mass is 10.2. The van der Waals surface area contributed by atoms with Gasteiger partial charge in [-0.3, -0.25) is 4.79 Å². The molecule has 0 saturated heterocycles. The number of Topliss-reactive ketones (excluding diaryl/α,β-unsaturated/α-hetero) is 1. The van der Waals surface area contributed by atoms with Gasteiger partial charge in [-0.2, -0.15) is 0 Å². The maximum absolute atomic E-state index is 11.6. The van der Waals surface area contributed by atoms with Crippen molar-refractivity contribution in [1.29, 1.82) is 0 Å². The van der Waals surface area contributed by atoms with E-state index in [1.807, 2.05) is 0 Å². The van der Waals surface area contributed by atoms with Gasteiger partial charge in [0.15, 0.2) is 17.4 Å². The molecule has 1 aromatic carbocycles. The minimum Gasteiger partial charge on any atom is -0.494 e. The third-order valence-corrected chi connectivity index (χ3v) is 3.75. The molecule has 21 heavy (non-hydrogen) atoms. The average Bonchev–Trinajstić information content (AvgIpc) is 2.42. The van der Waals surface area contributed by atoms with E-state index >= 15 is 0 Å². The van der Waals surface area contributed by atoms with Crippen molar-refractivity contribution in [2.75, 3.05) is 12.8 Å². The van der Waals surface area contributed by atoms with E-state index in [1.54, 1.807) is 12.1 Å². The second kappa shape index (κ2) is 6.05. The van der Waals surface area contributed by atoms with Gasteiger partial charge in [0.1, 0.15) is 16.5 Å². The summed E-state index contributed by atoms with van der Waals surface area (Å²) in [4.78, 5) is 19.7. The molecule has 0 amide bonds. The molecule has 2 rings (SSSR count). The van der Waals surface area contributed by atoms with Crippen LogP contribution in [-0.2, 0) is 0 Å². The maximum Gasteiger partial charge on any atom is 0.179 e. The zero-order chi connectivity index (χ0) is 15.7. The van der Waals surface area contributed by atoms with Crippen LogP contribution < -0.4 is 10.5 Å². The Hall–Kier alpha value is -1.56. The summed E-state index contributed by atoms with van der Waals surface area (Å²) in [5.74, 6) is 0.128. The fourth-order valence-electron chi connectivity index (χ4n) is 1.71. The van der Waals surface area contributed by atoms with Crippen molar-refractivity contribution in [3.05, 3.63) is 32.9 Å². The van der Waals surface area contributed by atoms with Gasteiger partial charge in [0.05, 0.1) is 17.2 Å². The van der Waals surface area contributed by atoms with Crippen LogP contribution in [0.1, 0.15) is 17.4 Å². The number of methoxy groups -OCH3 is 1. The zero-order valence-electron chi connectivity index (χ0n) is 11.1. The Morgan fingerprint density at radius 2 is 1.86 bits per heavy atom. The van der Waals surface area contributed by atoms with E-state index < -0.39 is 0 Å². The highest BCUT2D eigenvalue weighted by atomic mass is 35.5. The first kappa shape index (κ1) is 15.8. The smallest absolute Gasteiger partial charge is 0.179 e. The van der Waals surface area contributed by atoms with Crippen LogP contribution in [0.3, 0.4) is 0 Å². The van der Waals surface area contributed by atoms with Gasteiger partial charge in [0, 0.05) is 12.5 Å². The SMILES string of the molecule is COc1c(Cl)ccc(-c2nc(N)c(Cl)c(C(C)=O)n2)c1Cl. The molecule has 0 unspecified atom stereocenters. The molecule has 8 heteroatoms. The number of carbonyl (C=O) groups excluding carboxylic acids is 1. The lowest BCUT2D eigenvalue weighted by molar-refractivity contribution is 0.101. The number of ketones is 1. The Kier molecular flexibility index (Phi) is 4.56. The van der Waals surface area contributed by atoms with Crippen LogP contribution in [0, 0.1) is 0 Å². The Morgan fingerprint density at radius 3 is 2.43 bits per heavy atom. The summed E-state index contributed by atoms with van der Waals surface area (Å²) in [6.45, 7) is 1.33. The summed E-state index contributed by atoms with van der Waals surface area (Å²) in [6.07, 6.45) is 0. The van der Waals surface area contributed by atoms with Gasteiger partial charge in [-0.25, -0.2) is 9.97 Å². The van der Waals surface area contributed by atoms with Crippen LogP contribution in [0.4, 0.5) is 5.82 Å². The molecule has 0 aliphatic carbocycles. The largest absolute Gasteiger partial charge is 0.494 e. The second-order valence-electron chi connectivity index (χ2n) is 4.09. The van der Waals surface area contributed by atoms with E-state index in [1.165, 1.54) is 14.0 Å². The number of nitrogens with two attached hydrogens (primary N) is 1. The van der Waals surface area contributed by atoms with Crippen LogP contribution in [0.2, 0.25) is 15.1 Å². The van der Waals surface area contributed by atoms with Gasteiger partial charge >= 0.3 is 0 Å². The lowest BCUT2D eigenvalue weighted by Crippen LogP contribution is -2.06. The molecule has 2 aromatic rings.